The van der Waals surface area contributed by atoms with E-state index in [1.807, 2.05) is 0 Å². The molecule has 0 bridgehead atoms. The van der Waals surface area contributed by atoms with Crippen LogP contribution in [0.2, 0.25) is 0 Å². The monoisotopic (exact) mass is 326 g/mol. The summed E-state index contributed by atoms with van der Waals surface area (Å²) in [7, 11) is 2.82. The Morgan fingerprint density at radius 1 is 1.52 bits per heavy atom. The zero-order valence-electron chi connectivity index (χ0n) is 11.0. The van der Waals surface area contributed by atoms with E-state index in [0.29, 0.717) is 4.32 Å². The topological polar surface area (TPSA) is 92.9 Å². The average molecular weight is 326 g/mol. The molecule has 2 rings (SSSR count). The van der Waals surface area contributed by atoms with Gasteiger partial charge >= 0.3 is 0 Å². The van der Waals surface area contributed by atoms with Crippen LogP contribution in [0.25, 0.3) is 6.08 Å². The standard InChI is InChI=1S/C12H10N2O5S2/c1-13-11(16)9(21-12(13)20)4-6-3-7(14(17)18)5-8(19-2)10(6)15/h3-5,15H,1-2H3. The van der Waals surface area contributed by atoms with E-state index < -0.39 is 4.92 Å². The van der Waals surface area contributed by atoms with Gasteiger partial charge in [0.15, 0.2) is 11.5 Å². The molecular formula is C12H10N2O5S2. The minimum atomic E-state index is -0.607. The van der Waals surface area contributed by atoms with E-state index in [1.165, 1.54) is 31.2 Å². The number of thiocarbonyl (C=S) groups is 1. The van der Waals surface area contributed by atoms with Crippen LogP contribution in [0.15, 0.2) is 17.0 Å². The highest BCUT2D eigenvalue weighted by Gasteiger charge is 2.29. The number of carbonyl (C=O) groups excluding carboxylic acids is 1. The molecule has 1 aliphatic rings. The van der Waals surface area contributed by atoms with Gasteiger partial charge in [0, 0.05) is 18.7 Å². The fraction of sp³-hybridized carbons (Fsp3) is 0.167. The van der Waals surface area contributed by atoms with Gasteiger partial charge in [-0.2, -0.15) is 0 Å². The van der Waals surface area contributed by atoms with Crippen LogP contribution in [0.4, 0.5) is 5.69 Å². The molecule has 0 aromatic heterocycles. The van der Waals surface area contributed by atoms with Crippen LogP contribution in [0.5, 0.6) is 11.5 Å². The van der Waals surface area contributed by atoms with Crippen molar-refractivity contribution in [3.8, 4) is 11.5 Å². The molecule has 1 N–H and O–H groups in total. The molecule has 1 fully saturated rings. The van der Waals surface area contributed by atoms with Crippen LogP contribution in [0.1, 0.15) is 5.56 Å². The number of phenols is 1. The Bertz CT molecular complexity index is 686. The van der Waals surface area contributed by atoms with Crippen molar-refractivity contribution >= 4 is 46.0 Å². The Balaban J connectivity index is 2.54. The third kappa shape index (κ3) is 2.83. The Morgan fingerprint density at radius 3 is 2.67 bits per heavy atom. The average Bonchev–Trinajstić information content (AvgIpc) is 2.68. The summed E-state index contributed by atoms with van der Waals surface area (Å²) < 4.78 is 5.28. The second-order valence-electron chi connectivity index (χ2n) is 4.08. The molecule has 0 aliphatic carbocycles. The Kier molecular flexibility index (Phi) is 4.14. The first-order valence-corrected chi connectivity index (χ1v) is 6.84. The minimum absolute atomic E-state index is 0.0394. The molecule has 0 atom stereocenters. The summed E-state index contributed by atoms with van der Waals surface area (Å²) in [5, 5.41) is 20.9. The number of non-ortho nitro benzene ring substituents is 1. The molecule has 0 saturated carbocycles. The van der Waals surface area contributed by atoms with Gasteiger partial charge in [-0.05, 0) is 6.08 Å². The van der Waals surface area contributed by atoms with Gasteiger partial charge in [0.05, 0.1) is 23.0 Å². The molecule has 1 aromatic rings. The van der Waals surface area contributed by atoms with Crippen molar-refractivity contribution in [3.63, 3.8) is 0 Å². The van der Waals surface area contributed by atoms with Crippen molar-refractivity contribution in [2.75, 3.05) is 14.2 Å². The number of ether oxygens (including phenoxy) is 1. The molecule has 0 unspecified atom stereocenters. The molecule has 1 heterocycles. The number of phenolic OH excluding ortho intramolecular Hbond substituents is 1. The van der Waals surface area contributed by atoms with E-state index >= 15 is 0 Å². The van der Waals surface area contributed by atoms with Gasteiger partial charge in [-0.25, -0.2) is 0 Å². The Hall–Kier alpha value is -2.13. The number of benzene rings is 1. The van der Waals surface area contributed by atoms with E-state index in [9.17, 15) is 20.0 Å². The summed E-state index contributed by atoms with van der Waals surface area (Å²) in [6.45, 7) is 0. The molecule has 21 heavy (non-hydrogen) atoms. The summed E-state index contributed by atoms with van der Waals surface area (Å²) in [6.07, 6.45) is 1.35. The number of thioether (sulfide) groups is 1. The van der Waals surface area contributed by atoms with E-state index in [4.69, 9.17) is 17.0 Å². The van der Waals surface area contributed by atoms with Crippen molar-refractivity contribution in [3.05, 3.63) is 32.7 Å². The SMILES string of the molecule is COc1cc([N+](=O)[O-])cc(C=C2SC(=S)N(C)C2=O)c1O. The lowest BCUT2D eigenvalue weighted by Crippen LogP contribution is -2.22. The van der Waals surface area contributed by atoms with E-state index in [1.54, 1.807) is 0 Å². The normalized spacial score (nSPS) is 16.7. The van der Waals surface area contributed by atoms with Crippen LogP contribution in [0.3, 0.4) is 0 Å². The van der Waals surface area contributed by atoms with Gasteiger partial charge < -0.3 is 9.84 Å². The smallest absolute Gasteiger partial charge is 0.274 e. The van der Waals surface area contributed by atoms with Crippen LogP contribution >= 0.6 is 24.0 Å². The maximum atomic E-state index is 11.9. The number of hydrogen-bond donors (Lipinski definition) is 1. The highest BCUT2D eigenvalue weighted by Crippen LogP contribution is 2.38. The van der Waals surface area contributed by atoms with Crippen LogP contribution in [-0.2, 0) is 4.79 Å². The number of nitrogens with zero attached hydrogens (tertiary/aromatic N) is 2. The molecule has 1 aromatic carbocycles. The van der Waals surface area contributed by atoms with Gasteiger partial charge in [0.1, 0.15) is 4.32 Å². The lowest BCUT2D eigenvalue weighted by molar-refractivity contribution is -0.385. The zero-order valence-corrected chi connectivity index (χ0v) is 12.7. The number of aromatic hydroxyl groups is 1. The quantitative estimate of drug-likeness (QED) is 0.394. The number of hydrogen-bond acceptors (Lipinski definition) is 7. The van der Waals surface area contributed by atoms with Gasteiger partial charge in [0.2, 0.25) is 0 Å². The second kappa shape index (κ2) is 5.70. The van der Waals surface area contributed by atoms with E-state index in [-0.39, 0.29) is 33.6 Å². The number of methoxy groups -OCH3 is 1. The molecule has 1 aliphatic heterocycles. The highest BCUT2D eigenvalue weighted by atomic mass is 32.2. The fourth-order valence-electron chi connectivity index (χ4n) is 1.67. The maximum Gasteiger partial charge on any atom is 0.274 e. The molecule has 110 valence electrons. The minimum Gasteiger partial charge on any atom is -0.504 e. The molecular weight excluding hydrogens is 316 g/mol. The summed E-state index contributed by atoms with van der Waals surface area (Å²) in [4.78, 5) is 23.8. The number of nitro benzene ring substituents is 1. The van der Waals surface area contributed by atoms with Crippen molar-refractivity contribution < 1.29 is 19.6 Å². The molecule has 1 amide bonds. The Morgan fingerprint density at radius 2 is 2.19 bits per heavy atom. The molecule has 1 saturated heterocycles. The van der Waals surface area contributed by atoms with Crippen molar-refractivity contribution in [1.82, 2.24) is 4.90 Å². The summed E-state index contributed by atoms with van der Waals surface area (Å²) in [5.74, 6) is -0.637. The maximum absolute atomic E-state index is 11.9. The predicted octanol–water partition coefficient (Wildman–Crippen LogP) is 2.14. The lowest BCUT2D eigenvalue weighted by atomic mass is 10.1. The number of amides is 1. The van der Waals surface area contributed by atoms with Crippen LogP contribution in [-0.4, -0.2) is 39.3 Å². The molecule has 0 radical (unpaired) electrons. The van der Waals surface area contributed by atoms with Crippen LogP contribution in [0, 0.1) is 10.1 Å². The second-order valence-corrected chi connectivity index (χ2v) is 5.76. The molecule has 7 nitrogen and oxygen atoms in total. The van der Waals surface area contributed by atoms with Crippen LogP contribution < -0.4 is 4.74 Å². The zero-order chi connectivity index (χ0) is 15.7. The van der Waals surface area contributed by atoms with Gasteiger partial charge in [-0.3, -0.25) is 19.8 Å². The fourth-order valence-corrected chi connectivity index (χ4v) is 2.84. The number of rotatable bonds is 3. The Labute approximate surface area is 129 Å². The first-order valence-electron chi connectivity index (χ1n) is 5.62. The van der Waals surface area contributed by atoms with E-state index in [0.717, 1.165) is 17.8 Å². The summed E-state index contributed by atoms with van der Waals surface area (Å²) in [6, 6.07) is 2.28. The number of likely N-dealkylation sites (N-methyl/N-ethyl adjacent to an activating group) is 1. The largest absolute Gasteiger partial charge is 0.504 e. The van der Waals surface area contributed by atoms with Crippen molar-refractivity contribution in [2.24, 2.45) is 0 Å². The third-order valence-corrected chi connectivity index (χ3v) is 4.28. The highest BCUT2D eigenvalue weighted by molar-refractivity contribution is 8.26. The first kappa shape index (κ1) is 15.3. The van der Waals surface area contributed by atoms with Gasteiger partial charge in [0.25, 0.3) is 11.6 Å². The summed E-state index contributed by atoms with van der Waals surface area (Å²) in [5.41, 5.74) is -0.127. The number of carbonyl (C=O) groups is 1. The van der Waals surface area contributed by atoms with Crippen molar-refractivity contribution in [1.29, 1.82) is 0 Å². The third-order valence-electron chi connectivity index (χ3n) is 2.79. The van der Waals surface area contributed by atoms with Gasteiger partial charge in [-0.1, -0.05) is 24.0 Å². The summed E-state index contributed by atoms with van der Waals surface area (Å²) >= 11 is 6.05. The molecule has 9 heteroatoms. The lowest BCUT2D eigenvalue weighted by Gasteiger charge is -2.07. The number of nitro groups is 1. The van der Waals surface area contributed by atoms with Crippen molar-refractivity contribution in [2.45, 2.75) is 0 Å². The predicted molar refractivity (Wildman–Crippen MR) is 82.2 cm³/mol. The van der Waals surface area contributed by atoms with Gasteiger partial charge in [-0.15, -0.1) is 0 Å². The van der Waals surface area contributed by atoms with E-state index in [2.05, 4.69) is 0 Å². The first-order chi connectivity index (χ1) is 9.85. The molecule has 0 spiro atoms.